The van der Waals surface area contributed by atoms with E-state index in [1.54, 1.807) is 6.08 Å². The van der Waals surface area contributed by atoms with Crippen LogP contribution in [0.1, 0.15) is 87.1 Å². The lowest BCUT2D eigenvalue weighted by atomic mass is 9.85. The van der Waals surface area contributed by atoms with E-state index in [0.29, 0.717) is 12.6 Å². The number of rotatable bonds is 13. The molecule has 4 nitrogen and oxygen atoms in total. The number of anilines is 1. The third-order valence-electron chi connectivity index (χ3n) is 9.98. The molecule has 2 N–H and O–H groups in total. The average Bonchev–Trinajstić information content (AvgIpc) is 3.87. The number of benzene rings is 3. The summed E-state index contributed by atoms with van der Waals surface area (Å²) in [5, 5.41) is 12.1. The number of nitrogens with zero attached hydrogens (tertiary/aromatic N) is 1. The van der Waals surface area contributed by atoms with Crippen LogP contribution in [0, 0.1) is 29.0 Å². The molecule has 1 saturated heterocycles. The molecule has 6 heteroatoms. The summed E-state index contributed by atoms with van der Waals surface area (Å²) in [5.74, 6) is 2.53. The summed E-state index contributed by atoms with van der Waals surface area (Å²) in [7, 11) is 0. The normalized spacial score (nSPS) is 21.2. The molecule has 0 spiro atoms. The van der Waals surface area contributed by atoms with Crippen LogP contribution in [-0.4, -0.2) is 50.1 Å². The van der Waals surface area contributed by atoms with Crippen LogP contribution in [-0.2, 0) is 0 Å². The molecular weight excluding hydrogens is 588 g/mol. The van der Waals surface area contributed by atoms with Crippen molar-refractivity contribution in [2.24, 2.45) is 17.8 Å². The molecule has 3 fully saturated rings. The maximum atomic E-state index is 14.4. The number of fused-ring (bicyclic) bond motifs is 1. The van der Waals surface area contributed by atoms with E-state index in [1.165, 1.54) is 50.5 Å². The molecule has 0 aromatic heterocycles. The Kier molecular flexibility index (Phi) is 12.0. The molecule has 0 radical (unpaired) electrons. The zero-order valence-electron chi connectivity index (χ0n) is 28.3. The number of likely N-dealkylation sites (tertiary alicyclic amines) is 1. The van der Waals surface area contributed by atoms with Gasteiger partial charge in [0.2, 0.25) is 0 Å². The van der Waals surface area contributed by atoms with Gasteiger partial charge < -0.3 is 15.5 Å². The summed E-state index contributed by atoms with van der Waals surface area (Å²) >= 11 is 0. The van der Waals surface area contributed by atoms with Gasteiger partial charge in [0, 0.05) is 49.1 Å². The first-order valence-corrected chi connectivity index (χ1v) is 17.6. The fourth-order valence-electron chi connectivity index (χ4n) is 7.28. The Morgan fingerprint density at radius 2 is 1.66 bits per heavy atom. The number of nitrogens with one attached hydrogen (secondary N) is 2. The summed E-state index contributed by atoms with van der Waals surface area (Å²) in [6, 6.07) is 19.8. The summed E-state index contributed by atoms with van der Waals surface area (Å²) in [4.78, 5) is 2.21. The van der Waals surface area contributed by atoms with Crippen molar-refractivity contribution in [2.45, 2.75) is 65.3 Å². The van der Waals surface area contributed by atoms with Crippen molar-refractivity contribution in [1.82, 2.24) is 4.90 Å². The van der Waals surface area contributed by atoms with Gasteiger partial charge in [0.05, 0.1) is 6.67 Å². The minimum Gasteiger partial charge on any atom is -0.492 e. The zero-order valence-corrected chi connectivity index (χ0v) is 28.3. The second-order valence-corrected chi connectivity index (χ2v) is 13.0. The van der Waals surface area contributed by atoms with E-state index in [1.807, 2.05) is 32.0 Å². The number of ether oxygens (including phenoxy) is 1. The molecule has 250 valence electrons. The van der Waals surface area contributed by atoms with Crippen LogP contribution >= 0.6 is 0 Å². The third kappa shape index (κ3) is 8.39. The van der Waals surface area contributed by atoms with E-state index < -0.39 is 0 Å². The molecule has 6 rings (SSSR count). The Morgan fingerprint density at radius 3 is 2.30 bits per heavy atom. The number of allylic oxidation sites excluding steroid dienone is 1. The van der Waals surface area contributed by atoms with Gasteiger partial charge in [-0.3, -0.25) is 9.29 Å². The van der Waals surface area contributed by atoms with Crippen LogP contribution < -0.4 is 10.1 Å². The van der Waals surface area contributed by atoms with Gasteiger partial charge in [-0.1, -0.05) is 57.7 Å². The topological polar surface area (TPSA) is 48.4 Å². The monoisotopic (exact) mass is 639 g/mol. The third-order valence-corrected chi connectivity index (χ3v) is 9.98. The average molecular weight is 640 g/mol. The molecule has 3 aromatic rings. The quantitative estimate of drug-likeness (QED) is 0.145. The Morgan fingerprint density at radius 1 is 0.957 bits per heavy atom. The first kappa shape index (κ1) is 34.6. The summed E-state index contributed by atoms with van der Waals surface area (Å²) in [6.07, 6.45) is 10.3. The lowest BCUT2D eigenvalue weighted by molar-refractivity contribution is 0.0668. The van der Waals surface area contributed by atoms with E-state index in [4.69, 9.17) is 10.1 Å². The van der Waals surface area contributed by atoms with Crippen LogP contribution in [0.25, 0.3) is 17.2 Å². The van der Waals surface area contributed by atoms with Gasteiger partial charge in [0.25, 0.3) is 0 Å². The first-order chi connectivity index (χ1) is 23.0. The lowest BCUT2D eigenvalue weighted by Crippen LogP contribution is -2.49. The van der Waals surface area contributed by atoms with Crippen molar-refractivity contribution in [1.29, 1.82) is 5.41 Å². The van der Waals surface area contributed by atoms with E-state index >= 15 is 0 Å². The maximum Gasteiger partial charge on any atom is 0.123 e. The minimum absolute atomic E-state index is 0.176. The predicted molar refractivity (Wildman–Crippen MR) is 194 cm³/mol. The molecule has 3 aliphatic rings. The minimum atomic E-state index is -0.299. The molecule has 47 heavy (non-hydrogen) atoms. The van der Waals surface area contributed by atoms with Crippen LogP contribution in [0.15, 0.2) is 67.2 Å². The smallest absolute Gasteiger partial charge is 0.123 e. The molecule has 2 atom stereocenters. The van der Waals surface area contributed by atoms with E-state index in [-0.39, 0.29) is 18.4 Å². The van der Waals surface area contributed by atoms with E-state index in [0.717, 1.165) is 88.3 Å². The summed E-state index contributed by atoms with van der Waals surface area (Å²) in [5.41, 5.74) is 7.64. The molecule has 0 amide bonds. The van der Waals surface area contributed by atoms with Gasteiger partial charge in [-0.05, 0) is 120 Å². The Hall–Kier alpha value is -3.77. The van der Waals surface area contributed by atoms with Crippen molar-refractivity contribution in [2.75, 3.05) is 38.2 Å². The highest BCUT2D eigenvalue weighted by Crippen LogP contribution is 2.48. The second kappa shape index (κ2) is 16.4. The Bertz CT molecular complexity index is 1530. The molecule has 1 heterocycles. The molecule has 3 aromatic carbocycles. The van der Waals surface area contributed by atoms with Crippen LogP contribution in [0.5, 0.6) is 5.75 Å². The van der Waals surface area contributed by atoms with Crippen molar-refractivity contribution in [3.63, 3.8) is 0 Å². The van der Waals surface area contributed by atoms with Crippen LogP contribution in [0.4, 0.5) is 14.5 Å². The number of hydrogen-bond donors (Lipinski definition) is 2. The highest BCUT2D eigenvalue weighted by Gasteiger charge is 2.39. The molecular formula is C41H51F2N3O. The number of alkyl halides is 1. The first-order valence-electron chi connectivity index (χ1n) is 17.6. The van der Waals surface area contributed by atoms with Gasteiger partial charge in [-0.2, -0.15) is 0 Å². The van der Waals surface area contributed by atoms with Gasteiger partial charge in [0.15, 0.2) is 0 Å². The highest BCUT2D eigenvalue weighted by molar-refractivity contribution is 6.02. The number of halogens is 2. The van der Waals surface area contributed by atoms with Crippen LogP contribution in [0.3, 0.4) is 0 Å². The van der Waals surface area contributed by atoms with Crippen LogP contribution in [0.2, 0.25) is 0 Å². The molecule has 2 aliphatic carbocycles. The van der Waals surface area contributed by atoms with Gasteiger partial charge >= 0.3 is 0 Å². The molecule has 2 unspecified atom stereocenters. The van der Waals surface area contributed by atoms with E-state index in [9.17, 15) is 8.78 Å². The van der Waals surface area contributed by atoms with Crippen molar-refractivity contribution >= 4 is 29.1 Å². The Balaban J connectivity index is 0.00000213. The van der Waals surface area contributed by atoms with Crippen molar-refractivity contribution in [3.8, 4) is 5.75 Å². The Labute approximate surface area is 280 Å². The predicted octanol–water partition coefficient (Wildman–Crippen LogP) is 10.1. The summed E-state index contributed by atoms with van der Waals surface area (Å²) in [6.45, 7) is 12.9. The van der Waals surface area contributed by atoms with Crippen molar-refractivity contribution < 1.29 is 13.5 Å². The van der Waals surface area contributed by atoms with E-state index in [2.05, 4.69) is 54.1 Å². The molecule has 1 aliphatic heterocycles. The van der Waals surface area contributed by atoms with Gasteiger partial charge in [0.1, 0.15) is 18.2 Å². The molecule has 2 saturated carbocycles. The maximum absolute atomic E-state index is 14.4. The van der Waals surface area contributed by atoms with Crippen molar-refractivity contribution in [3.05, 3.63) is 101 Å². The summed E-state index contributed by atoms with van der Waals surface area (Å²) < 4.78 is 33.1. The zero-order chi connectivity index (χ0) is 33.3. The fourth-order valence-corrected chi connectivity index (χ4v) is 7.28. The fraction of sp³-hybridized carbons (Fsp3) is 0.439. The highest BCUT2D eigenvalue weighted by atomic mass is 19.1. The standard InChI is InChI=1S/C39H45F2N3O.C2H6/c1-3-27-21-33(41)10-15-37(27)39(31-9-16-38(32(20-31)23-42)43-34-11-5-29-19-30(29)6-12-34)36(4-2)28-7-13-35(14-8-28)45-18-17-44-24-26(22-40)25-44;1-2/h3,7-10,13-16,20-21,23,26,29-30,34,42-43H,1,4-6,11-12,17-19,22,24-25H2,2H3;1-2H3/b39-36-,42-23?;. The number of hydrogen-bond acceptors (Lipinski definition) is 4. The molecule has 0 bridgehead atoms. The van der Waals surface area contributed by atoms with Gasteiger partial charge in [-0.15, -0.1) is 0 Å². The van der Waals surface area contributed by atoms with Gasteiger partial charge in [-0.25, -0.2) is 4.39 Å². The largest absolute Gasteiger partial charge is 0.492 e. The SMILES string of the molecule is C=Cc1cc(F)ccc1/C(=C(/CC)c1ccc(OCCN2CC(CF)C2)cc1)c1ccc(NC2CCC3CC3CC2)c(C=N)c1.CC. The second-order valence-electron chi connectivity index (χ2n) is 13.0. The lowest BCUT2D eigenvalue weighted by Gasteiger charge is -2.37.